The summed E-state index contributed by atoms with van der Waals surface area (Å²) in [5.74, 6) is 1.54. The quantitative estimate of drug-likeness (QED) is 0.429. The van der Waals surface area contributed by atoms with E-state index in [0.29, 0.717) is 31.3 Å². The van der Waals surface area contributed by atoms with Gasteiger partial charge in [-0.15, -0.1) is 0 Å². The lowest BCUT2D eigenvalue weighted by molar-refractivity contribution is 0.0389. The van der Waals surface area contributed by atoms with E-state index in [9.17, 15) is 4.79 Å². The molecule has 0 spiro atoms. The van der Waals surface area contributed by atoms with Gasteiger partial charge in [0.25, 0.3) is 5.56 Å². The summed E-state index contributed by atoms with van der Waals surface area (Å²) in [7, 11) is 1.77. The average Bonchev–Trinajstić information content (AvgIpc) is 3.22. The van der Waals surface area contributed by atoms with Crippen LogP contribution in [0.2, 0.25) is 0 Å². The standard InChI is InChI=1S/C29H37N5O3/c1-32-28(35)21-26(23-11-13-30-14-12-23)31-29(32)34-18-20-37-27(22-34)24-7-9-25(10-8-24)36-19-6-17-33-15-4-2-3-5-16-33/h7-14,21,27H,2-6,15-20,22H2,1H3. The fourth-order valence-electron chi connectivity index (χ4n) is 5.13. The smallest absolute Gasteiger partial charge is 0.255 e. The second kappa shape index (κ2) is 12.3. The molecule has 0 saturated carbocycles. The molecule has 0 N–H and O–H groups in total. The van der Waals surface area contributed by atoms with Gasteiger partial charge in [0, 0.05) is 44.2 Å². The summed E-state index contributed by atoms with van der Waals surface area (Å²) >= 11 is 0. The van der Waals surface area contributed by atoms with E-state index in [1.807, 2.05) is 24.3 Å². The molecule has 8 nitrogen and oxygen atoms in total. The van der Waals surface area contributed by atoms with E-state index in [2.05, 4.69) is 26.9 Å². The summed E-state index contributed by atoms with van der Waals surface area (Å²) in [6.45, 7) is 6.16. The first-order chi connectivity index (χ1) is 18.2. The maximum atomic E-state index is 12.7. The molecular formula is C29H37N5O3. The van der Waals surface area contributed by atoms with Gasteiger partial charge < -0.3 is 19.3 Å². The minimum atomic E-state index is -0.104. The van der Waals surface area contributed by atoms with Crippen molar-refractivity contribution in [3.63, 3.8) is 0 Å². The van der Waals surface area contributed by atoms with E-state index >= 15 is 0 Å². The molecule has 1 atom stereocenters. The lowest BCUT2D eigenvalue weighted by atomic mass is 10.1. The molecular weight excluding hydrogens is 466 g/mol. The van der Waals surface area contributed by atoms with Crippen LogP contribution in [0.5, 0.6) is 5.75 Å². The Labute approximate surface area is 218 Å². The summed E-state index contributed by atoms with van der Waals surface area (Å²) in [6, 6.07) is 13.5. The van der Waals surface area contributed by atoms with Crippen molar-refractivity contribution in [3.8, 4) is 17.0 Å². The number of aromatic nitrogens is 3. The fraction of sp³-hybridized carbons (Fsp3) is 0.483. The van der Waals surface area contributed by atoms with Crippen molar-refractivity contribution in [1.29, 1.82) is 0 Å². The number of rotatable bonds is 8. The molecule has 0 amide bonds. The average molecular weight is 504 g/mol. The minimum Gasteiger partial charge on any atom is -0.494 e. The van der Waals surface area contributed by atoms with Gasteiger partial charge in [-0.3, -0.25) is 14.3 Å². The van der Waals surface area contributed by atoms with Crippen molar-refractivity contribution in [2.75, 3.05) is 50.8 Å². The molecule has 5 rings (SSSR count). The van der Waals surface area contributed by atoms with E-state index in [1.54, 1.807) is 30.1 Å². The normalized spacial score (nSPS) is 18.9. The summed E-state index contributed by atoms with van der Waals surface area (Å²) in [5, 5.41) is 0. The Balaban J connectivity index is 1.19. The number of nitrogens with zero attached hydrogens (tertiary/aromatic N) is 5. The largest absolute Gasteiger partial charge is 0.494 e. The van der Waals surface area contributed by atoms with E-state index in [1.165, 1.54) is 38.8 Å². The molecule has 2 aliphatic heterocycles. The number of hydrogen-bond acceptors (Lipinski definition) is 7. The van der Waals surface area contributed by atoms with Gasteiger partial charge in [0.1, 0.15) is 11.9 Å². The van der Waals surface area contributed by atoms with Gasteiger partial charge in [-0.25, -0.2) is 4.98 Å². The third kappa shape index (κ3) is 6.56. The van der Waals surface area contributed by atoms with Crippen LogP contribution < -0.4 is 15.2 Å². The number of pyridine rings is 1. The summed E-state index contributed by atoms with van der Waals surface area (Å²) in [5.41, 5.74) is 2.54. The molecule has 3 aromatic rings. The number of benzene rings is 1. The monoisotopic (exact) mass is 503 g/mol. The van der Waals surface area contributed by atoms with Crippen LogP contribution in [0.4, 0.5) is 5.95 Å². The van der Waals surface area contributed by atoms with Crippen LogP contribution in [-0.4, -0.2) is 65.4 Å². The van der Waals surface area contributed by atoms with Crippen LogP contribution >= 0.6 is 0 Å². The molecule has 0 aliphatic carbocycles. The summed E-state index contributed by atoms with van der Waals surface area (Å²) in [4.78, 5) is 26.3. The molecule has 0 radical (unpaired) electrons. The zero-order valence-electron chi connectivity index (χ0n) is 21.7. The van der Waals surface area contributed by atoms with Gasteiger partial charge in [-0.2, -0.15) is 0 Å². The second-order valence-corrected chi connectivity index (χ2v) is 9.91. The van der Waals surface area contributed by atoms with Gasteiger partial charge in [-0.05, 0) is 62.2 Å². The van der Waals surface area contributed by atoms with Crippen molar-refractivity contribution in [1.82, 2.24) is 19.4 Å². The Morgan fingerprint density at radius 2 is 1.76 bits per heavy atom. The number of anilines is 1. The topological polar surface area (TPSA) is 72.7 Å². The highest BCUT2D eigenvalue weighted by Crippen LogP contribution is 2.27. The van der Waals surface area contributed by atoms with E-state index < -0.39 is 0 Å². The maximum absolute atomic E-state index is 12.7. The molecule has 2 fully saturated rings. The first kappa shape index (κ1) is 25.4. The molecule has 1 unspecified atom stereocenters. The zero-order valence-corrected chi connectivity index (χ0v) is 21.7. The molecule has 8 heteroatoms. The Morgan fingerprint density at radius 1 is 1.00 bits per heavy atom. The van der Waals surface area contributed by atoms with Crippen LogP contribution in [0.15, 0.2) is 59.7 Å². The highest BCUT2D eigenvalue weighted by molar-refractivity contribution is 5.59. The maximum Gasteiger partial charge on any atom is 0.255 e. The van der Waals surface area contributed by atoms with Crippen LogP contribution in [-0.2, 0) is 11.8 Å². The lowest BCUT2D eigenvalue weighted by Gasteiger charge is -2.34. The zero-order chi connectivity index (χ0) is 25.5. The van der Waals surface area contributed by atoms with Crippen LogP contribution in [0.25, 0.3) is 11.3 Å². The number of morpholine rings is 1. The van der Waals surface area contributed by atoms with Crippen molar-refractivity contribution >= 4 is 5.95 Å². The molecule has 2 saturated heterocycles. The second-order valence-electron chi connectivity index (χ2n) is 9.91. The van der Waals surface area contributed by atoms with Crippen LogP contribution in [0.3, 0.4) is 0 Å². The van der Waals surface area contributed by atoms with Crippen molar-refractivity contribution < 1.29 is 9.47 Å². The predicted octanol–water partition coefficient (Wildman–Crippen LogP) is 4.07. The molecule has 1 aromatic carbocycles. The Morgan fingerprint density at radius 3 is 2.51 bits per heavy atom. The van der Waals surface area contributed by atoms with Gasteiger partial charge >= 0.3 is 0 Å². The number of hydrogen-bond donors (Lipinski definition) is 0. The van der Waals surface area contributed by atoms with E-state index in [-0.39, 0.29) is 11.7 Å². The van der Waals surface area contributed by atoms with Gasteiger partial charge in [0.05, 0.1) is 25.5 Å². The highest BCUT2D eigenvalue weighted by atomic mass is 16.5. The Bertz CT molecular complexity index is 1190. The molecule has 0 bridgehead atoms. The minimum absolute atomic E-state index is 0.0859. The summed E-state index contributed by atoms with van der Waals surface area (Å²) < 4.78 is 13.7. The Kier molecular flexibility index (Phi) is 8.48. The highest BCUT2D eigenvalue weighted by Gasteiger charge is 2.25. The third-order valence-corrected chi connectivity index (χ3v) is 7.27. The van der Waals surface area contributed by atoms with Gasteiger partial charge in [0.15, 0.2) is 0 Å². The first-order valence-electron chi connectivity index (χ1n) is 13.5. The Hall–Kier alpha value is -3.23. The van der Waals surface area contributed by atoms with Crippen LogP contribution in [0, 0.1) is 0 Å². The lowest BCUT2D eigenvalue weighted by Crippen LogP contribution is -2.41. The number of ether oxygens (including phenoxy) is 2. The predicted molar refractivity (Wildman–Crippen MR) is 145 cm³/mol. The van der Waals surface area contributed by atoms with Crippen molar-refractivity contribution in [2.24, 2.45) is 7.05 Å². The first-order valence-corrected chi connectivity index (χ1v) is 13.5. The van der Waals surface area contributed by atoms with E-state index in [0.717, 1.165) is 36.4 Å². The third-order valence-electron chi connectivity index (χ3n) is 7.27. The molecule has 196 valence electrons. The van der Waals surface area contributed by atoms with Gasteiger partial charge in [0.2, 0.25) is 5.95 Å². The van der Waals surface area contributed by atoms with Crippen molar-refractivity contribution in [3.05, 3.63) is 70.8 Å². The molecule has 2 aromatic heterocycles. The summed E-state index contributed by atoms with van der Waals surface area (Å²) in [6.07, 6.45) is 9.75. The molecule has 37 heavy (non-hydrogen) atoms. The van der Waals surface area contributed by atoms with Gasteiger partial charge in [-0.1, -0.05) is 25.0 Å². The molecule has 4 heterocycles. The SMILES string of the molecule is Cn1c(N2CCOC(c3ccc(OCCCN4CCCCCC4)cc3)C2)nc(-c2ccncc2)cc1=O. The van der Waals surface area contributed by atoms with Crippen molar-refractivity contribution in [2.45, 2.75) is 38.2 Å². The fourth-order valence-corrected chi connectivity index (χ4v) is 5.13. The van der Waals surface area contributed by atoms with Crippen LogP contribution in [0.1, 0.15) is 43.8 Å². The van der Waals surface area contributed by atoms with E-state index in [4.69, 9.17) is 14.5 Å². The molecule has 2 aliphatic rings. The number of likely N-dealkylation sites (tertiary alicyclic amines) is 1.